The lowest BCUT2D eigenvalue weighted by atomic mass is 9.77. The molecule has 88 valence electrons. The summed E-state index contributed by atoms with van der Waals surface area (Å²) >= 11 is 0. The topological polar surface area (TPSA) is 61.8 Å². The molecule has 17 heavy (non-hydrogen) atoms. The van der Waals surface area contributed by atoms with Crippen molar-refractivity contribution >= 4 is 0 Å². The maximum absolute atomic E-state index is 10.3. The van der Waals surface area contributed by atoms with Crippen LogP contribution in [0.3, 0.4) is 0 Å². The van der Waals surface area contributed by atoms with Crippen molar-refractivity contribution in [3.05, 3.63) is 47.5 Å². The van der Waals surface area contributed by atoms with Crippen LogP contribution in [0.15, 0.2) is 30.6 Å². The normalized spacial score (nSPS) is 17.7. The first-order chi connectivity index (χ1) is 8.36. The van der Waals surface area contributed by atoms with E-state index in [2.05, 4.69) is 21.2 Å². The largest absolute Gasteiger partial charge is 0.380 e. The molecule has 1 aromatic carbocycles. The molecule has 0 saturated heterocycles. The molecule has 0 spiro atoms. The van der Waals surface area contributed by atoms with E-state index in [9.17, 15) is 5.11 Å². The summed E-state index contributed by atoms with van der Waals surface area (Å²) in [5.41, 5.74) is 2.21. The summed E-state index contributed by atoms with van der Waals surface area (Å²) in [5.74, 6) is 1.11. The highest BCUT2D eigenvalue weighted by Gasteiger charge is 2.25. The second-order valence-electron chi connectivity index (χ2n) is 4.53. The summed E-state index contributed by atoms with van der Waals surface area (Å²) in [5, 5.41) is 16.8. The van der Waals surface area contributed by atoms with Gasteiger partial charge < -0.3 is 5.11 Å². The van der Waals surface area contributed by atoms with Gasteiger partial charge >= 0.3 is 0 Å². The Morgan fingerprint density at radius 3 is 2.76 bits per heavy atom. The van der Waals surface area contributed by atoms with Crippen LogP contribution in [0.1, 0.15) is 48.2 Å². The Morgan fingerprint density at radius 1 is 1.29 bits per heavy atom. The van der Waals surface area contributed by atoms with Crippen LogP contribution < -0.4 is 0 Å². The van der Waals surface area contributed by atoms with Crippen molar-refractivity contribution in [3.8, 4) is 0 Å². The van der Waals surface area contributed by atoms with Crippen molar-refractivity contribution in [2.45, 2.75) is 31.3 Å². The molecule has 1 saturated carbocycles. The fourth-order valence-electron chi connectivity index (χ4n) is 2.34. The van der Waals surface area contributed by atoms with Gasteiger partial charge in [-0.25, -0.2) is 4.98 Å². The molecule has 0 amide bonds. The minimum absolute atomic E-state index is 0.511. The first kappa shape index (κ1) is 10.5. The average molecular weight is 229 g/mol. The Hall–Kier alpha value is -1.68. The number of hydrogen-bond donors (Lipinski definition) is 2. The third-order valence-electron chi connectivity index (χ3n) is 3.53. The quantitative estimate of drug-likeness (QED) is 0.847. The first-order valence-electron chi connectivity index (χ1n) is 5.98. The lowest BCUT2D eigenvalue weighted by Crippen LogP contribution is -2.14. The Balaban J connectivity index is 1.96. The molecule has 0 bridgehead atoms. The summed E-state index contributed by atoms with van der Waals surface area (Å²) in [6.45, 7) is 0. The predicted molar refractivity (Wildman–Crippen MR) is 63.5 cm³/mol. The van der Waals surface area contributed by atoms with Gasteiger partial charge in [-0.2, -0.15) is 5.10 Å². The van der Waals surface area contributed by atoms with Gasteiger partial charge in [-0.1, -0.05) is 30.7 Å². The van der Waals surface area contributed by atoms with Crippen molar-refractivity contribution in [3.63, 3.8) is 0 Å². The highest BCUT2D eigenvalue weighted by atomic mass is 16.3. The predicted octanol–water partition coefficient (Wildman–Crippen LogP) is 2.15. The van der Waals surface area contributed by atoms with E-state index in [1.54, 1.807) is 0 Å². The first-order valence-corrected chi connectivity index (χ1v) is 5.98. The van der Waals surface area contributed by atoms with Crippen molar-refractivity contribution in [2.24, 2.45) is 0 Å². The van der Waals surface area contributed by atoms with Gasteiger partial charge in [0.2, 0.25) is 0 Å². The van der Waals surface area contributed by atoms with Gasteiger partial charge in [-0.15, -0.1) is 0 Å². The summed E-state index contributed by atoms with van der Waals surface area (Å²) in [7, 11) is 0. The zero-order chi connectivity index (χ0) is 11.7. The van der Waals surface area contributed by atoms with Gasteiger partial charge in [0, 0.05) is 0 Å². The number of aliphatic hydroxyl groups excluding tert-OH is 1. The molecule has 1 aliphatic rings. The van der Waals surface area contributed by atoms with E-state index in [-0.39, 0.29) is 0 Å². The molecule has 1 fully saturated rings. The molecule has 0 aliphatic heterocycles. The molecule has 1 aromatic heterocycles. The highest BCUT2D eigenvalue weighted by molar-refractivity contribution is 5.35. The third kappa shape index (κ3) is 1.85. The van der Waals surface area contributed by atoms with Gasteiger partial charge in [0.15, 0.2) is 5.82 Å². The van der Waals surface area contributed by atoms with E-state index in [4.69, 9.17) is 0 Å². The molecular formula is C13H15N3O. The van der Waals surface area contributed by atoms with Crippen LogP contribution in [0.2, 0.25) is 0 Å². The second-order valence-corrected chi connectivity index (χ2v) is 4.53. The van der Waals surface area contributed by atoms with Crippen molar-refractivity contribution in [1.82, 2.24) is 15.2 Å². The Bertz CT molecular complexity index is 491. The maximum Gasteiger partial charge on any atom is 0.157 e. The van der Waals surface area contributed by atoms with Crippen molar-refractivity contribution in [2.75, 3.05) is 0 Å². The van der Waals surface area contributed by atoms with Crippen LogP contribution in [0.4, 0.5) is 0 Å². The van der Waals surface area contributed by atoms with Crippen LogP contribution in [0.25, 0.3) is 0 Å². The third-order valence-corrected chi connectivity index (χ3v) is 3.53. The van der Waals surface area contributed by atoms with Gasteiger partial charge in [0.25, 0.3) is 0 Å². The summed E-state index contributed by atoms with van der Waals surface area (Å²) in [6, 6.07) is 8.07. The van der Waals surface area contributed by atoms with Crippen LogP contribution in [-0.4, -0.2) is 20.3 Å². The fraction of sp³-hybridized carbons (Fsp3) is 0.385. The van der Waals surface area contributed by atoms with E-state index in [0.717, 1.165) is 5.56 Å². The zero-order valence-corrected chi connectivity index (χ0v) is 9.50. The molecule has 0 radical (unpaired) electrons. The van der Waals surface area contributed by atoms with Crippen LogP contribution >= 0.6 is 0 Å². The monoisotopic (exact) mass is 229 g/mol. The SMILES string of the molecule is OC(c1ncn[nH]1)c1ccccc1C1CCC1. The number of H-pyrrole nitrogens is 1. The van der Waals surface area contributed by atoms with E-state index in [1.165, 1.54) is 31.2 Å². The number of aromatic amines is 1. The Morgan fingerprint density at radius 2 is 2.12 bits per heavy atom. The minimum Gasteiger partial charge on any atom is -0.380 e. The summed E-state index contributed by atoms with van der Waals surface area (Å²) in [4.78, 5) is 4.02. The lowest BCUT2D eigenvalue weighted by Gasteiger charge is -2.28. The minimum atomic E-state index is -0.700. The van der Waals surface area contributed by atoms with Crippen LogP contribution in [0, 0.1) is 0 Å². The molecule has 4 heteroatoms. The molecule has 2 aromatic rings. The number of nitrogens with one attached hydrogen (secondary N) is 1. The van der Waals surface area contributed by atoms with Crippen LogP contribution in [0.5, 0.6) is 0 Å². The molecule has 2 N–H and O–H groups in total. The number of benzene rings is 1. The summed E-state index contributed by atoms with van der Waals surface area (Å²) < 4.78 is 0. The fourth-order valence-corrected chi connectivity index (χ4v) is 2.34. The molecule has 1 atom stereocenters. The number of rotatable bonds is 3. The second kappa shape index (κ2) is 4.30. The number of aliphatic hydroxyl groups is 1. The molecule has 1 unspecified atom stereocenters. The van der Waals surface area contributed by atoms with Gasteiger partial charge in [0.1, 0.15) is 12.4 Å². The van der Waals surface area contributed by atoms with Crippen molar-refractivity contribution < 1.29 is 5.11 Å². The molecule has 3 rings (SSSR count). The van der Waals surface area contributed by atoms with Gasteiger partial charge in [-0.3, -0.25) is 5.10 Å². The number of hydrogen-bond acceptors (Lipinski definition) is 3. The van der Waals surface area contributed by atoms with E-state index < -0.39 is 6.10 Å². The molecular weight excluding hydrogens is 214 g/mol. The average Bonchev–Trinajstić information content (AvgIpc) is 2.80. The van der Waals surface area contributed by atoms with E-state index in [1.807, 2.05) is 18.2 Å². The standard InChI is InChI=1S/C13H15N3O/c17-12(13-14-8-15-16-13)11-7-2-1-6-10(11)9-4-3-5-9/h1-2,6-9,12,17H,3-5H2,(H,14,15,16). The zero-order valence-electron chi connectivity index (χ0n) is 9.50. The highest BCUT2D eigenvalue weighted by Crippen LogP contribution is 2.40. The smallest absolute Gasteiger partial charge is 0.157 e. The summed E-state index contributed by atoms with van der Waals surface area (Å²) in [6.07, 6.45) is 4.46. The van der Waals surface area contributed by atoms with Gasteiger partial charge in [-0.05, 0) is 29.9 Å². The maximum atomic E-state index is 10.3. The Labute approximate surface area is 99.7 Å². The number of nitrogens with zero attached hydrogens (tertiary/aromatic N) is 2. The number of aromatic nitrogens is 3. The van der Waals surface area contributed by atoms with Crippen LogP contribution in [-0.2, 0) is 0 Å². The molecule has 4 nitrogen and oxygen atoms in total. The van der Waals surface area contributed by atoms with E-state index >= 15 is 0 Å². The van der Waals surface area contributed by atoms with Gasteiger partial charge in [0.05, 0.1) is 0 Å². The lowest BCUT2D eigenvalue weighted by molar-refractivity contribution is 0.207. The Kier molecular flexibility index (Phi) is 2.65. The van der Waals surface area contributed by atoms with Crippen molar-refractivity contribution in [1.29, 1.82) is 0 Å². The van der Waals surface area contributed by atoms with E-state index in [0.29, 0.717) is 11.7 Å². The molecule has 1 heterocycles. The molecule has 1 aliphatic carbocycles.